The number of pyridine rings is 1. The molecule has 2 aromatic heterocycles. The minimum Gasteiger partial charge on any atom is -0.506 e. The molecule has 3 aromatic rings. The maximum atomic E-state index is 13.3. The monoisotopic (exact) mass is 542 g/mol. The second-order valence-electron chi connectivity index (χ2n) is 10.5. The number of amides is 3. The third-order valence-corrected chi connectivity index (χ3v) is 7.77. The number of aryl methyl sites for hydroxylation is 1. The lowest BCUT2D eigenvalue weighted by Gasteiger charge is -2.34. The molecule has 1 atom stereocenters. The first-order chi connectivity index (χ1) is 19.4. The van der Waals surface area contributed by atoms with Gasteiger partial charge in [0.25, 0.3) is 17.7 Å². The van der Waals surface area contributed by atoms with E-state index in [0.29, 0.717) is 43.0 Å². The number of hydrogen-bond acceptors (Lipinski definition) is 8. The van der Waals surface area contributed by atoms with Gasteiger partial charge in [-0.15, -0.1) is 0 Å². The summed E-state index contributed by atoms with van der Waals surface area (Å²) >= 11 is 0. The summed E-state index contributed by atoms with van der Waals surface area (Å²) in [5.41, 5.74) is 1.71. The molecule has 0 radical (unpaired) electrons. The van der Waals surface area contributed by atoms with Gasteiger partial charge in [-0.3, -0.25) is 24.4 Å². The summed E-state index contributed by atoms with van der Waals surface area (Å²) in [5.74, 6) is -0.621. The van der Waals surface area contributed by atoms with Crippen molar-refractivity contribution in [2.75, 3.05) is 25.0 Å². The molecular weight excluding hydrogens is 512 g/mol. The van der Waals surface area contributed by atoms with Gasteiger partial charge in [0.05, 0.1) is 23.7 Å². The van der Waals surface area contributed by atoms with Crippen LogP contribution in [0.1, 0.15) is 58.6 Å². The molecule has 6 rings (SSSR count). The minimum absolute atomic E-state index is 0.0584. The van der Waals surface area contributed by atoms with Crippen LogP contribution in [0.15, 0.2) is 42.9 Å². The number of nitrogens with one attached hydrogen (secondary N) is 1. The Morgan fingerprint density at radius 1 is 1.00 bits per heavy atom. The lowest BCUT2D eigenvalue weighted by atomic mass is 9.92. The van der Waals surface area contributed by atoms with E-state index in [1.54, 1.807) is 30.0 Å². The lowest BCUT2D eigenvalue weighted by molar-refractivity contribution is -0.136. The molecule has 11 heteroatoms. The summed E-state index contributed by atoms with van der Waals surface area (Å²) in [7, 11) is 0. The van der Waals surface area contributed by atoms with Crippen molar-refractivity contribution < 1.29 is 24.2 Å². The van der Waals surface area contributed by atoms with Crippen LogP contribution in [0.5, 0.6) is 11.5 Å². The van der Waals surface area contributed by atoms with E-state index < -0.39 is 12.0 Å². The molecule has 2 N–H and O–H groups in total. The van der Waals surface area contributed by atoms with E-state index in [1.807, 2.05) is 4.90 Å². The Morgan fingerprint density at radius 3 is 2.45 bits per heavy atom. The van der Waals surface area contributed by atoms with E-state index >= 15 is 0 Å². The van der Waals surface area contributed by atoms with Crippen LogP contribution in [0, 0.1) is 6.92 Å². The molecule has 40 heavy (non-hydrogen) atoms. The third-order valence-electron chi connectivity index (χ3n) is 7.77. The molecule has 2 aliphatic heterocycles. The van der Waals surface area contributed by atoms with Crippen LogP contribution in [0.3, 0.4) is 0 Å². The molecule has 206 valence electrons. The van der Waals surface area contributed by atoms with Gasteiger partial charge in [-0.2, -0.15) is 0 Å². The Bertz CT molecular complexity index is 1450. The number of carbonyl (C=O) groups excluding carboxylic acids is 3. The highest BCUT2D eigenvalue weighted by molar-refractivity contribution is 6.07. The van der Waals surface area contributed by atoms with E-state index in [2.05, 4.69) is 20.3 Å². The first-order valence-corrected chi connectivity index (χ1v) is 13.6. The zero-order valence-corrected chi connectivity index (χ0v) is 22.2. The van der Waals surface area contributed by atoms with Crippen LogP contribution >= 0.6 is 0 Å². The lowest BCUT2D eigenvalue weighted by Crippen LogP contribution is -2.43. The molecule has 1 aliphatic carbocycles. The molecule has 1 saturated carbocycles. The third kappa shape index (κ3) is 4.94. The second-order valence-corrected chi connectivity index (χ2v) is 10.5. The van der Waals surface area contributed by atoms with Crippen LogP contribution in [0.4, 0.5) is 5.82 Å². The molecule has 3 aliphatic rings. The molecular formula is C29H30N6O5. The Kier molecular flexibility index (Phi) is 6.79. The number of carbonyl (C=O) groups is 3. The van der Waals surface area contributed by atoms with Gasteiger partial charge in [-0.1, -0.05) is 6.07 Å². The SMILES string of the molecule is Cc1cnc(NC(=O)c2cc(O[C@@H]3CCN(C4CCC4)C3=O)cc(-c3ccc(C(=O)N4CCC4)nc3)c2O)cn1. The predicted octanol–water partition coefficient (Wildman–Crippen LogP) is 3.18. The number of phenolic OH excluding ortho intramolecular Hbond substituents is 1. The van der Waals surface area contributed by atoms with Gasteiger partial charge >= 0.3 is 0 Å². The molecule has 0 bridgehead atoms. The quantitative estimate of drug-likeness (QED) is 0.464. The second kappa shape index (κ2) is 10.6. The topological polar surface area (TPSA) is 138 Å². The number of aromatic hydroxyl groups is 1. The van der Waals surface area contributed by atoms with Gasteiger partial charge in [0.2, 0.25) is 0 Å². The molecule has 0 unspecified atom stereocenters. The Morgan fingerprint density at radius 2 is 1.82 bits per heavy atom. The number of anilines is 1. The van der Waals surface area contributed by atoms with E-state index in [9.17, 15) is 19.5 Å². The standard InChI is InChI=1S/C29H30N6O5/c1-17-14-32-25(16-30-17)33-27(37)22-13-20(40-24-8-11-35(29(24)39)19-4-2-5-19)12-21(26(22)36)18-6-7-23(31-15-18)28(38)34-9-3-10-34/h6-7,12-16,19,24,36H,2-5,8-11H2,1H3,(H,32,33,37)/t24-/m1/s1. The summed E-state index contributed by atoms with van der Waals surface area (Å²) in [6.45, 7) is 3.84. The summed E-state index contributed by atoms with van der Waals surface area (Å²) < 4.78 is 6.13. The van der Waals surface area contributed by atoms with Crippen LogP contribution in [0.2, 0.25) is 0 Å². The first kappa shape index (κ1) is 25.7. The maximum absolute atomic E-state index is 13.3. The zero-order chi connectivity index (χ0) is 27.8. The van der Waals surface area contributed by atoms with Gasteiger partial charge in [-0.05, 0) is 50.8 Å². The van der Waals surface area contributed by atoms with Gasteiger partial charge in [0, 0.05) is 49.4 Å². The summed E-state index contributed by atoms with van der Waals surface area (Å²) in [6.07, 6.45) is 8.43. The fraction of sp³-hybridized carbons (Fsp3) is 0.379. The fourth-order valence-corrected chi connectivity index (χ4v) is 5.08. The number of phenols is 1. The summed E-state index contributed by atoms with van der Waals surface area (Å²) in [6, 6.07) is 6.55. The smallest absolute Gasteiger partial charge is 0.272 e. The Balaban J connectivity index is 1.31. The largest absolute Gasteiger partial charge is 0.506 e. The van der Waals surface area contributed by atoms with Crippen LogP contribution in [-0.4, -0.2) is 79.4 Å². The van der Waals surface area contributed by atoms with E-state index in [0.717, 1.165) is 25.7 Å². The number of hydrogen-bond donors (Lipinski definition) is 2. The van der Waals surface area contributed by atoms with E-state index in [-0.39, 0.29) is 46.3 Å². The average molecular weight is 543 g/mol. The summed E-state index contributed by atoms with van der Waals surface area (Å²) in [5, 5.41) is 13.9. The highest BCUT2D eigenvalue weighted by Crippen LogP contribution is 2.38. The highest BCUT2D eigenvalue weighted by Gasteiger charge is 2.39. The molecule has 3 amide bonds. The molecule has 0 spiro atoms. The molecule has 4 heterocycles. The number of rotatable bonds is 7. The first-order valence-electron chi connectivity index (χ1n) is 13.6. The van der Waals surface area contributed by atoms with Crippen LogP contribution in [-0.2, 0) is 4.79 Å². The molecule has 1 aromatic carbocycles. The van der Waals surface area contributed by atoms with Crippen molar-refractivity contribution in [2.24, 2.45) is 0 Å². The van der Waals surface area contributed by atoms with Gasteiger partial charge in [-0.25, -0.2) is 4.98 Å². The predicted molar refractivity (Wildman–Crippen MR) is 145 cm³/mol. The van der Waals surface area contributed by atoms with Gasteiger partial charge in [0.1, 0.15) is 17.2 Å². The fourth-order valence-electron chi connectivity index (χ4n) is 5.08. The van der Waals surface area contributed by atoms with E-state index in [4.69, 9.17) is 4.74 Å². The van der Waals surface area contributed by atoms with Crippen LogP contribution < -0.4 is 10.1 Å². The Labute approximate surface area is 231 Å². The van der Waals surface area contributed by atoms with Crippen molar-refractivity contribution in [1.29, 1.82) is 0 Å². The number of aromatic nitrogens is 3. The number of ether oxygens (including phenoxy) is 1. The number of nitrogens with zero attached hydrogens (tertiary/aromatic N) is 5. The van der Waals surface area contributed by atoms with Crippen molar-refractivity contribution in [3.63, 3.8) is 0 Å². The normalized spacial score (nSPS) is 18.7. The van der Waals surface area contributed by atoms with Crippen molar-refractivity contribution >= 4 is 23.5 Å². The average Bonchev–Trinajstić information content (AvgIpc) is 3.23. The number of benzene rings is 1. The van der Waals surface area contributed by atoms with Crippen molar-refractivity contribution in [3.05, 3.63) is 59.8 Å². The van der Waals surface area contributed by atoms with Crippen molar-refractivity contribution in [2.45, 2.75) is 51.2 Å². The van der Waals surface area contributed by atoms with Gasteiger partial charge < -0.3 is 25.0 Å². The van der Waals surface area contributed by atoms with Crippen LogP contribution in [0.25, 0.3) is 11.1 Å². The molecule has 2 saturated heterocycles. The molecule has 3 fully saturated rings. The number of likely N-dealkylation sites (tertiary alicyclic amines) is 2. The van der Waals surface area contributed by atoms with E-state index in [1.165, 1.54) is 24.7 Å². The Hall–Kier alpha value is -4.54. The summed E-state index contributed by atoms with van der Waals surface area (Å²) in [4.78, 5) is 55.1. The molecule has 11 nitrogen and oxygen atoms in total. The highest BCUT2D eigenvalue weighted by atomic mass is 16.5. The van der Waals surface area contributed by atoms with Gasteiger partial charge in [0.15, 0.2) is 11.9 Å². The van der Waals surface area contributed by atoms with Crippen molar-refractivity contribution in [3.8, 4) is 22.6 Å². The maximum Gasteiger partial charge on any atom is 0.272 e. The zero-order valence-electron chi connectivity index (χ0n) is 22.2. The minimum atomic E-state index is -0.675. The van der Waals surface area contributed by atoms with Crippen molar-refractivity contribution in [1.82, 2.24) is 24.8 Å².